The molecule has 2 amide bonds. The van der Waals surface area contributed by atoms with Crippen LogP contribution in [0, 0.1) is 13.8 Å². The average molecular weight is 392 g/mol. The number of aryl methyl sites for hydroxylation is 2. The molecule has 2 N–H and O–H groups in total. The van der Waals surface area contributed by atoms with Gasteiger partial charge in [0.1, 0.15) is 11.0 Å². The monoisotopic (exact) mass is 392 g/mol. The lowest BCUT2D eigenvalue weighted by molar-refractivity contribution is -0.139. The minimum Gasteiger partial charge on any atom is -0.468 e. The number of benzene rings is 1. The second kappa shape index (κ2) is 8.85. The molecule has 0 fully saturated rings. The Morgan fingerprint density at radius 1 is 1.11 bits per heavy atom. The Bertz CT molecular complexity index is 904. The van der Waals surface area contributed by atoms with Crippen LogP contribution in [0.2, 0.25) is 0 Å². The van der Waals surface area contributed by atoms with Gasteiger partial charge in [0.2, 0.25) is 0 Å². The van der Waals surface area contributed by atoms with Crippen molar-refractivity contribution in [1.29, 1.82) is 0 Å². The van der Waals surface area contributed by atoms with E-state index in [1.54, 1.807) is 32.0 Å². The summed E-state index contributed by atoms with van der Waals surface area (Å²) < 4.78 is 31.8. The van der Waals surface area contributed by atoms with Crippen molar-refractivity contribution in [3.63, 3.8) is 0 Å². The van der Waals surface area contributed by atoms with E-state index in [9.17, 15) is 18.0 Å². The SMILES string of the molecule is CCCNC(=O)C(=O)NC[C@H](c1ccco1)S(=O)(=O)c1cc(C)ccc1C. The van der Waals surface area contributed by atoms with Crippen molar-refractivity contribution in [2.75, 3.05) is 13.1 Å². The first-order chi connectivity index (χ1) is 12.8. The van der Waals surface area contributed by atoms with Crippen LogP contribution in [0.25, 0.3) is 0 Å². The normalized spacial score (nSPS) is 12.4. The highest BCUT2D eigenvalue weighted by Gasteiger charge is 2.33. The number of sulfone groups is 1. The molecular weight excluding hydrogens is 368 g/mol. The molecule has 0 saturated carbocycles. The number of carbonyl (C=O) groups is 2. The maximum absolute atomic E-state index is 13.2. The van der Waals surface area contributed by atoms with Crippen LogP contribution in [0.5, 0.6) is 0 Å². The molecule has 2 rings (SSSR count). The van der Waals surface area contributed by atoms with Crippen LogP contribution in [0.4, 0.5) is 0 Å². The van der Waals surface area contributed by atoms with Gasteiger partial charge in [0.25, 0.3) is 0 Å². The lowest BCUT2D eigenvalue weighted by atomic mass is 10.2. The predicted octanol–water partition coefficient (Wildman–Crippen LogP) is 2.05. The second-order valence-electron chi connectivity index (χ2n) is 6.28. The van der Waals surface area contributed by atoms with E-state index in [-0.39, 0.29) is 17.2 Å². The van der Waals surface area contributed by atoms with Gasteiger partial charge in [0.15, 0.2) is 9.84 Å². The highest BCUT2D eigenvalue weighted by atomic mass is 32.2. The largest absolute Gasteiger partial charge is 0.468 e. The number of nitrogens with one attached hydrogen (secondary N) is 2. The predicted molar refractivity (Wildman–Crippen MR) is 101 cm³/mol. The van der Waals surface area contributed by atoms with E-state index in [2.05, 4.69) is 10.6 Å². The Morgan fingerprint density at radius 2 is 1.81 bits per heavy atom. The van der Waals surface area contributed by atoms with Crippen molar-refractivity contribution in [3.05, 3.63) is 53.5 Å². The number of hydrogen-bond acceptors (Lipinski definition) is 5. The van der Waals surface area contributed by atoms with Crippen LogP contribution in [0.3, 0.4) is 0 Å². The molecule has 1 aromatic carbocycles. The fourth-order valence-electron chi connectivity index (χ4n) is 2.59. The summed E-state index contributed by atoms with van der Waals surface area (Å²) in [5.41, 5.74) is 1.41. The van der Waals surface area contributed by atoms with Gasteiger partial charge in [-0.25, -0.2) is 8.42 Å². The quantitative estimate of drug-likeness (QED) is 0.702. The summed E-state index contributed by atoms with van der Waals surface area (Å²) in [5, 5.41) is 3.71. The van der Waals surface area contributed by atoms with Gasteiger partial charge in [-0.3, -0.25) is 9.59 Å². The lowest BCUT2D eigenvalue weighted by Gasteiger charge is -2.18. The zero-order chi connectivity index (χ0) is 20.0. The van der Waals surface area contributed by atoms with Crippen LogP contribution in [0.15, 0.2) is 45.9 Å². The van der Waals surface area contributed by atoms with E-state index in [4.69, 9.17) is 4.42 Å². The zero-order valence-electron chi connectivity index (χ0n) is 15.6. The second-order valence-corrected chi connectivity index (χ2v) is 8.38. The van der Waals surface area contributed by atoms with Gasteiger partial charge < -0.3 is 15.1 Å². The maximum Gasteiger partial charge on any atom is 0.309 e. The summed E-state index contributed by atoms with van der Waals surface area (Å²) in [4.78, 5) is 23.9. The molecule has 0 aliphatic heterocycles. The van der Waals surface area contributed by atoms with Gasteiger partial charge in [-0.2, -0.15) is 0 Å². The third-order valence-corrected chi connectivity index (χ3v) is 6.28. The lowest BCUT2D eigenvalue weighted by Crippen LogP contribution is -2.42. The van der Waals surface area contributed by atoms with E-state index in [1.807, 2.05) is 13.0 Å². The number of carbonyl (C=O) groups excluding carboxylic acids is 2. The number of rotatable bonds is 7. The minimum absolute atomic E-state index is 0.175. The summed E-state index contributed by atoms with van der Waals surface area (Å²) in [6.07, 6.45) is 2.06. The van der Waals surface area contributed by atoms with E-state index in [0.29, 0.717) is 18.5 Å². The highest BCUT2D eigenvalue weighted by molar-refractivity contribution is 7.91. The van der Waals surface area contributed by atoms with E-state index in [0.717, 1.165) is 5.56 Å². The molecule has 0 bridgehead atoms. The van der Waals surface area contributed by atoms with Crippen LogP contribution in [-0.4, -0.2) is 33.3 Å². The number of amides is 2. The molecule has 0 aliphatic rings. The van der Waals surface area contributed by atoms with Crippen molar-refractivity contribution in [2.24, 2.45) is 0 Å². The summed E-state index contributed by atoms with van der Waals surface area (Å²) in [5.74, 6) is -1.47. The fourth-order valence-corrected chi connectivity index (χ4v) is 4.51. The molecule has 8 heteroatoms. The highest BCUT2D eigenvalue weighted by Crippen LogP contribution is 2.31. The molecule has 1 heterocycles. The maximum atomic E-state index is 13.2. The van der Waals surface area contributed by atoms with Gasteiger partial charge in [0.05, 0.1) is 11.2 Å². The molecule has 0 spiro atoms. The Hall–Kier alpha value is -2.61. The minimum atomic E-state index is -3.86. The van der Waals surface area contributed by atoms with E-state index < -0.39 is 26.9 Å². The average Bonchev–Trinajstić information content (AvgIpc) is 3.15. The Morgan fingerprint density at radius 3 is 2.44 bits per heavy atom. The fraction of sp³-hybridized carbons (Fsp3) is 0.368. The summed E-state index contributed by atoms with van der Waals surface area (Å²) in [7, 11) is -3.86. The molecule has 1 aromatic heterocycles. The molecule has 2 aromatic rings. The van der Waals surface area contributed by atoms with Gasteiger partial charge in [-0.05, 0) is 49.6 Å². The summed E-state index contributed by atoms with van der Waals surface area (Å²) >= 11 is 0. The molecule has 27 heavy (non-hydrogen) atoms. The molecule has 146 valence electrons. The first-order valence-corrected chi connectivity index (χ1v) is 10.2. The van der Waals surface area contributed by atoms with Crippen LogP contribution in [-0.2, 0) is 19.4 Å². The third kappa shape index (κ3) is 4.97. The third-order valence-electron chi connectivity index (χ3n) is 4.08. The summed E-state index contributed by atoms with van der Waals surface area (Å²) in [6, 6.07) is 8.28. The molecule has 1 atom stereocenters. The number of furan rings is 1. The first kappa shape index (κ1) is 20.7. The molecule has 0 radical (unpaired) electrons. The molecule has 0 saturated heterocycles. The molecule has 7 nitrogen and oxygen atoms in total. The first-order valence-electron chi connectivity index (χ1n) is 8.68. The van der Waals surface area contributed by atoms with Gasteiger partial charge in [-0.15, -0.1) is 0 Å². The van der Waals surface area contributed by atoms with Crippen molar-refractivity contribution in [2.45, 2.75) is 37.3 Å². The van der Waals surface area contributed by atoms with E-state index in [1.165, 1.54) is 12.3 Å². The van der Waals surface area contributed by atoms with Crippen molar-refractivity contribution in [3.8, 4) is 0 Å². The van der Waals surface area contributed by atoms with Crippen LogP contribution < -0.4 is 10.6 Å². The van der Waals surface area contributed by atoms with Crippen molar-refractivity contribution >= 4 is 21.7 Å². The molecule has 0 unspecified atom stereocenters. The zero-order valence-corrected chi connectivity index (χ0v) is 16.4. The van der Waals surface area contributed by atoms with Crippen molar-refractivity contribution < 1.29 is 22.4 Å². The smallest absolute Gasteiger partial charge is 0.309 e. The van der Waals surface area contributed by atoms with Crippen LogP contribution >= 0.6 is 0 Å². The van der Waals surface area contributed by atoms with Gasteiger partial charge in [0, 0.05) is 13.1 Å². The standard InChI is InChI=1S/C19H24N2O5S/c1-4-9-20-18(22)19(23)21-12-17(15-6-5-10-26-15)27(24,25)16-11-13(2)7-8-14(16)3/h5-8,10-11,17H,4,9,12H2,1-3H3,(H,20,22)(H,21,23)/t17-/m1/s1. The Kier molecular flexibility index (Phi) is 6.79. The Balaban J connectivity index is 2.29. The Labute approximate surface area is 159 Å². The van der Waals surface area contributed by atoms with Gasteiger partial charge >= 0.3 is 11.8 Å². The summed E-state index contributed by atoms with van der Waals surface area (Å²) in [6.45, 7) is 5.47. The number of hydrogen-bond donors (Lipinski definition) is 2. The van der Waals surface area contributed by atoms with Crippen LogP contribution in [0.1, 0.15) is 35.5 Å². The topological polar surface area (TPSA) is 105 Å². The van der Waals surface area contributed by atoms with Gasteiger partial charge in [-0.1, -0.05) is 19.1 Å². The molecular formula is C19H24N2O5S. The molecule has 0 aliphatic carbocycles. The van der Waals surface area contributed by atoms with E-state index >= 15 is 0 Å². The van der Waals surface area contributed by atoms with Crippen molar-refractivity contribution in [1.82, 2.24) is 10.6 Å².